The van der Waals surface area contributed by atoms with E-state index in [4.69, 9.17) is 42.1 Å². The van der Waals surface area contributed by atoms with Crippen molar-refractivity contribution in [3.63, 3.8) is 0 Å². The predicted octanol–water partition coefficient (Wildman–Crippen LogP) is 6.10. The quantitative estimate of drug-likeness (QED) is 0.165. The van der Waals surface area contributed by atoms with E-state index in [-0.39, 0.29) is 44.1 Å². The second-order valence-corrected chi connectivity index (χ2v) is 8.80. The second kappa shape index (κ2) is 13.5. The van der Waals surface area contributed by atoms with Gasteiger partial charge in [0, 0.05) is 35.4 Å². The van der Waals surface area contributed by atoms with E-state index in [9.17, 15) is 19.8 Å². The van der Waals surface area contributed by atoms with Gasteiger partial charge in [0.1, 0.15) is 34.5 Å². The number of ether oxygens (including phenoxy) is 4. The molecule has 2 amide bonds. The van der Waals surface area contributed by atoms with Gasteiger partial charge in [-0.2, -0.15) is 0 Å². The highest BCUT2D eigenvalue weighted by atomic mass is 35.5. The fourth-order valence-corrected chi connectivity index (χ4v) is 3.96. The number of hydrogen-bond donors (Lipinski definition) is 4. The molecule has 0 atom stereocenters. The number of methoxy groups -OCH3 is 4. The topological polar surface area (TPSA) is 136 Å². The standard InChI is InChI=1S/C28H26Cl2N2O8/c1-37-23-13-25(39-3)19(9-17(23)29)31-27(35)11-21(33)15-5-7-16(8-6-15)22(34)12-28(36)32-20-10-18(30)24(38-2)14-26(20)40-4/h5-14,33-34H,1-4H3,(H,31,35)(H,32,36)/b21-11+,22-12+. The van der Waals surface area contributed by atoms with Gasteiger partial charge < -0.3 is 39.8 Å². The Morgan fingerprint density at radius 1 is 0.625 bits per heavy atom. The number of carbonyl (C=O) groups excluding carboxylic acids is 2. The molecule has 0 unspecified atom stereocenters. The molecule has 4 N–H and O–H groups in total. The molecular formula is C28H26Cl2N2O8. The molecule has 0 saturated heterocycles. The van der Waals surface area contributed by atoms with Gasteiger partial charge in [-0.25, -0.2) is 0 Å². The van der Waals surface area contributed by atoms with E-state index in [0.717, 1.165) is 12.2 Å². The van der Waals surface area contributed by atoms with Gasteiger partial charge in [-0.1, -0.05) is 47.5 Å². The number of aliphatic hydroxyl groups excluding tert-OH is 2. The molecule has 3 rings (SSSR count). The molecule has 10 nitrogen and oxygen atoms in total. The number of aliphatic hydroxyl groups is 2. The van der Waals surface area contributed by atoms with Crippen LogP contribution in [0.25, 0.3) is 11.5 Å². The highest BCUT2D eigenvalue weighted by Gasteiger charge is 2.14. The zero-order valence-electron chi connectivity index (χ0n) is 21.9. The Hall–Kier alpha value is -4.54. The van der Waals surface area contributed by atoms with Crippen LogP contribution in [0, 0.1) is 0 Å². The minimum absolute atomic E-state index is 0.260. The number of anilines is 2. The Kier molecular flexibility index (Phi) is 10.1. The maximum Gasteiger partial charge on any atom is 0.252 e. The summed E-state index contributed by atoms with van der Waals surface area (Å²) in [5.74, 6) is -0.605. The third-order valence-electron chi connectivity index (χ3n) is 5.48. The average molecular weight is 589 g/mol. The molecule has 3 aromatic rings. The zero-order valence-corrected chi connectivity index (χ0v) is 23.4. The van der Waals surface area contributed by atoms with Crippen molar-refractivity contribution in [1.82, 2.24) is 0 Å². The molecule has 12 heteroatoms. The molecule has 0 aliphatic rings. The van der Waals surface area contributed by atoms with E-state index in [0.29, 0.717) is 23.0 Å². The summed E-state index contributed by atoms with van der Waals surface area (Å²) in [7, 11) is 5.75. The Morgan fingerprint density at radius 3 is 1.25 bits per heavy atom. The van der Waals surface area contributed by atoms with Crippen LogP contribution < -0.4 is 29.6 Å². The lowest BCUT2D eigenvalue weighted by atomic mass is 10.1. The highest BCUT2D eigenvalue weighted by Crippen LogP contribution is 2.37. The van der Waals surface area contributed by atoms with Crippen LogP contribution in [0.3, 0.4) is 0 Å². The Labute approximate surface area is 240 Å². The van der Waals surface area contributed by atoms with E-state index in [1.165, 1.54) is 77.0 Å². The van der Waals surface area contributed by atoms with E-state index in [2.05, 4.69) is 10.6 Å². The second-order valence-electron chi connectivity index (χ2n) is 7.99. The lowest BCUT2D eigenvalue weighted by Gasteiger charge is -2.12. The Balaban J connectivity index is 1.71. The molecule has 0 bridgehead atoms. The third-order valence-corrected chi connectivity index (χ3v) is 6.07. The normalized spacial score (nSPS) is 11.4. The lowest BCUT2D eigenvalue weighted by Crippen LogP contribution is -2.10. The van der Waals surface area contributed by atoms with Crippen molar-refractivity contribution in [3.05, 3.63) is 81.9 Å². The maximum atomic E-state index is 12.5. The van der Waals surface area contributed by atoms with Crippen LogP contribution >= 0.6 is 23.2 Å². The summed E-state index contributed by atoms with van der Waals surface area (Å²) >= 11 is 12.2. The van der Waals surface area contributed by atoms with Gasteiger partial charge in [0.05, 0.1) is 49.9 Å². The van der Waals surface area contributed by atoms with Crippen molar-refractivity contribution in [2.45, 2.75) is 0 Å². The number of amides is 2. The fraction of sp³-hybridized carbons (Fsp3) is 0.143. The van der Waals surface area contributed by atoms with Gasteiger partial charge in [-0.3, -0.25) is 9.59 Å². The first-order valence-electron chi connectivity index (χ1n) is 11.5. The molecule has 0 spiro atoms. The van der Waals surface area contributed by atoms with Crippen molar-refractivity contribution in [2.75, 3.05) is 39.1 Å². The average Bonchev–Trinajstić information content (AvgIpc) is 2.93. The summed E-state index contributed by atoms with van der Waals surface area (Å²) in [6.07, 6.45) is 1.95. The summed E-state index contributed by atoms with van der Waals surface area (Å²) < 4.78 is 20.8. The first kappa shape index (κ1) is 30.0. The molecule has 0 aliphatic heterocycles. The maximum absolute atomic E-state index is 12.5. The smallest absolute Gasteiger partial charge is 0.252 e. The summed E-state index contributed by atoms with van der Waals surface area (Å²) in [6, 6.07) is 11.8. The van der Waals surface area contributed by atoms with Gasteiger partial charge in [-0.05, 0) is 12.1 Å². The fourth-order valence-electron chi connectivity index (χ4n) is 3.48. The largest absolute Gasteiger partial charge is 0.507 e. The molecule has 0 aliphatic carbocycles. The van der Waals surface area contributed by atoms with Crippen LogP contribution in [-0.2, 0) is 9.59 Å². The number of nitrogens with one attached hydrogen (secondary N) is 2. The summed E-state index contributed by atoms with van der Waals surface area (Å²) in [5.41, 5.74) is 1.13. The molecule has 0 aromatic heterocycles. The number of rotatable bonds is 10. The third kappa shape index (κ3) is 7.31. The van der Waals surface area contributed by atoms with Gasteiger partial charge in [-0.15, -0.1) is 0 Å². The minimum atomic E-state index is -0.644. The molecular weight excluding hydrogens is 563 g/mol. The summed E-state index contributed by atoms with van der Waals surface area (Å²) in [5, 5.41) is 26.6. The molecule has 210 valence electrons. The number of halogens is 2. The first-order valence-corrected chi connectivity index (χ1v) is 12.2. The molecule has 0 saturated carbocycles. The van der Waals surface area contributed by atoms with E-state index >= 15 is 0 Å². The first-order chi connectivity index (χ1) is 19.1. The predicted molar refractivity (Wildman–Crippen MR) is 154 cm³/mol. The highest BCUT2D eigenvalue weighted by molar-refractivity contribution is 6.33. The van der Waals surface area contributed by atoms with Crippen LogP contribution in [0.2, 0.25) is 10.0 Å². The summed E-state index contributed by atoms with van der Waals surface area (Å²) in [6.45, 7) is 0. The van der Waals surface area contributed by atoms with Crippen LogP contribution in [0.1, 0.15) is 11.1 Å². The van der Waals surface area contributed by atoms with Crippen LogP contribution in [0.15, 0.2) is 60.7 Å². The number of benzene rings is 3. The van der Waals surface area contributed by atoms with E-state index < -0.39 is 11.8 Å². The lowest BCUT2D eigenvalue weighted by molar-refractivity contribution is -0.112. The number of carbonyl (C=O) groups is 2. The van der Waals surface area contributed by atoms with Crippen molar-refractivity contribution >= 4 is 57.9 Å². The molecule has 40 heavy (non-hydrogen) atoms. The van der Waals surface area contributed by atoms with Crippen LogP contribution in [-0.4, -0.2) is 50.5 Å². The van der Waals surface area contributed by atoms with Gasteiger partial charge in [0.15, 0.2) is 0 Å². The molecule has 0 radical (unpaired) electrons. The Morgan fingerprint density at radius 2 is 0.950 bits per heavy atom. The van der Waals surface area contributed by atoms with Crippen molar-refractivity contribution in [1.29, 1.82) is 0 Å². The molecule has 3 aromatic carbocycles. The number of hydrogen-bond acceptors (Lipinski definition) is 8. The van der Waals surface area contributed by atoms with Gasteiger partial charge in [0.2, 0.25) is 0 Å². The van der Waals surface area contributed by atoms with Gasteiger partial charge in [0.25, 0.3) is 11.8 Å². The minimum Gasteiger partial charge on any atom is -0.507 e. The summed E-state index contributed by atoms with van der Waals surface area (Å²) in [4.78, 5) is 25.0. The Bertz CT molecular complexity index is 1360. The van der Waals surface area contributed by atoms with Gasteiger partial charge >= 0.3 is 0 Å². The van der Waals surface area contributed by atoms with Crippen LogP contribution in [0.4, 0.5) is 11.4 Å². The van der Waals surface area contributed by atoms with E-state index in [1.807, 2.05) is 0 Å². The van der Waals surface area contributed by atoms with E-state index in [1.54, 1.807) is 0 Å². The zero-order chi connectivity index (χ0) is 29.4. The molecule has 0 fully saturated rings. The van der Waals surface area contributed by atoms with Crippen LogP contribution in [0.5, 0.6) is 23.0 Å². The van der Waals surface area contributed by atoms with Crippen molar-refractivity contribution < 1.29 is 38.7 Å². The molecule has 0 heterocycles. The van der Waals surface area contributed by atoms with Crippen molar-refractivity contribution in [2.24, 2.45) is 0 Å². The van der Waals surface area contributed by atoms with Crippen molar-refractivity contribution in [3.8, 4) is 23.0 Å². The SMILES string of the molecule is COc1cc(OC)c(NC(=O)/C=C(/O)c2ccc(/C(O)=C\C(=O)Nc3cc(Cl)c(OC)cc3OC)cc2)cc1Cl. The monoisotopic (exact) mass is 588 g/mol.